The largest absolute Gasteiger partial charge is 0.444 e. The van der Waals surface area contributed by atoms with Crippen LogP contribution in [0.4, 0.5) is 10.5 Å². The van der Waals surface area contributed by atoms with E-state index < -0.39 is 16.6 Å². The van der Waals surface area contributed by atoms with Crippen LogP contribution in [0.3, 0.4) is 0 Å². The van der Waals surface area contributed by atoms with Crippen LogP contribution in [0.1, 0.15) is 31.1 Å². The first-order valence-electron chi connectivity index (χ1n) is 7.79. The number of nitrogens with zero attached hydrogens (tertiary/aromatic N) is 3. The van der Waals surface area contributed by atoms with E-state index in [0.717, 1.165) is 0 Å². The molecule has 1 fully saturated rings. The lowest BCUT2D eigenvalue weighted by atomic mass is 10.1. The van der Waals surface area contributed by atoms with Gasteiger partial charge in [0, 0.05) is 42.8 Å². The van der Waals surface area contributed by atoms with Gasteiger partial charge in [0.1, 0.15) is 5.60 Å². The molecule has 0 atom stereocenters. The lowest BCUT2D eigenvalue weighted by Gasteiger charge is -2.35. The van der Waals surface area contributed by atoms with Crippen LogP contribution in [-0.4, -0.2) is 58.5 Å². The molecule has 0 radical (unpaired) electrons. The Morgan fingerprint density at radius 2 is 1.72 bits per heavy atom. The van der Waals surface area contributed by atoms with Crippen molar-refractivity contribution < 1.29 is 19.2 Å². The normalized spacial score (nSPS) is 15.0. The summed E-state index contributed by atoms with van der Waals surface area (Å²) in [6, 6.07) is 4.08. The SMILES string of the molecule is CC(C)(C)OC(=O)N1CCN(C(=O)c2cc([N+](=O)[O-])ccc2Br)CC1. The third-order valence-electron chi connectivity index (χ3n) is 3.61. The third-order valence-corrected chi connectivity index (χ3v) is 4.30. The highest BCUT2D eigenvalue weighted by Gasteiger charge is 2.29. The fourth-order valence-corrected chi connectivity index (χ4v) is 2.80. The maximum Gasteiger partial charge on any atom is 0.410 e. The van der Waals surface area contributed by atoms with Crippen molar-refractivity contribution >= 4 is 33.6 Å². The van der Waals surface area contributed by atoms with E-state index in [1.807, 2.05) is 0 Å². The average Bonchev–Trinajstić information content (AvgIpc) is 2.53. The van der Waals surface area contributed by atoms with Gasteiger partial charge in [-0.1, -0.05) is 0 Å². The molecule has 136 valence electrons. The van der Waals surface area contributed by atoms with E-state index in [4.69, 9.17) is 4.74 Å². The first-order valence-corrected chi connectivity index (χ1v) is 8.59. The van der Waals surface area contributed by atoms with Crippen LogP contribution in [0, 0.1) is 10.1 Å². The van der Waals surface area contributed by atoms with Gasteiger partial charge < -0.3 is 14.5 Å². The Morgan fingerprint density at radius 1 is 1.16 bits per heavy atom. The quantitative estimate of drug-likeness (QED) is 0.548. The van der Waals surface area contributed by atoms with Crippen molar-refractivity contribution in [1.82, 2.24) is 9.80 Å². The summed E-state index contributed by atoms with van der Waals surface area (Å²) in [6.45, 7) is 6.78. The second-order valence-corrected chi connectivity index (χ2v) is 7.54. The van der Waals surface area contributed by atoms with Crippen LogP contribution in [0.2, 0.25) is 0 Å². The Morgan fingerprint density at radius 3 is 2.24 bits per heavy atom. The van der Waals surface area contributed by atoms with Crippen LogP contribution < -0.4 is 0 Å². The number of non-ortho nitro benzene ring substituents is 1. The van der Waals surface area contributed by atoms with Gasteiger partial charge in [-0.05, 0) is 42.8 Å². The van der Waals surface area contributed by atoms with Gasteiger partial charge in [0.05, 0.1) is 10.5 Å². The summed E-state index contributed by atoms with van der Waals surface area (Å²) in [5.41, 5.74) is -0.475. The first kappa shape index (κ1) is 19.2. The number of ether oxygens (including phenoxy) is 1. The third kappa shape index (κ3) is 4.91. The molecule has 25 heavy (non-hydrogen) atoms. The van der Waals surface area contributed by atoms with Crippen LogP contribution >= 0.6 is 15.9 Å². The molecule has 0 bridgehead atoms. The number of rotatable bonds is 2. The molecule has 1 aliphatic heterocycles. The lowest BCUT2D eigenvalue weighted by Crippen LogP contribution is -2.51. The predicted molar refractivity (Wildman–Crippen MR) is 94.5 cm³/mol. The van der Waals surface area contributed by atoms with E-state index in [0.29, 0.717) is 30.7 Å². The zero-order valence-electron chi connectivity index (χ0n) is 14.3. The second-order valence-electron chi connectivity index (χ2n) is 6.68. The molecule has 0 aliphatic carbocycles. The Bertz CT molecular complexity index is 694. The number of carbonyl (C=O) groups excluding carboxylic acids is 2. The number of nitro benzene ring substituents is 1. The van der Waals surface area contributed by atoms with Crippen molar-refractivity contribution in [3.05, 3.63) is 38.3 Å². The fourth-order valence-electron chi connectivity index (χ4n) is 2.38. The second kappa shape index (κ2) is 7.38. The molecule has 1 aromatic carbocycles. The van der Waals surface area contributed by atoms with Crippen molar-refractivity contribution in [1.29, 1.82) is 0 Å². The Labute approximate surface area is 154 Å². The first-order chi connectivity index (χ1) is 11.6. The van der Waals surface area contributed by atoms with Crippen LogP contribution in [0.5, 0.6) is 0 Å². The molecule has 0 aromatic heterocycles. The van der Waals surface area contributed by atoms with E-state index in [-0.39, 0.29) is 17.2 Å². The minimum atomic E-state index is -0.572. The number of halogens is 1. The minimum Gasteiger partial charge on any atom is -0.444 e. The molecule has 9 heteroatoms. The summed E-state index contributed by atoms with van der Waals surface area (Å²) >= 11 is 3.26. The Kier molecular flexibility index (Phi) is 5.66. The Hall–Kier alpha value is -2.16. The molecule has 8 nitrogen and oxygen atoms in total. The fraction of sp³-hybridized carbons (Fsp3) is 0.500. The molecule has 0 spiro atoms. The molecular weight excluding hydrogens is 394 g/mol. The van der Waals surface area contributed by atoms with Crippen LogP contribution in [0.25, 0.3) is 0 Å². The number of benzene rings is 1. The molecule has 1 aliphatic rings. The zero-order chi connectivity index (χ0) is 18.8. The lowest BCUT2D eigenvalue weighted by molar-refractivity contribution is -0.384. The summed E-state index contributed by atoms with van der Waals surface area (Å²) < 4.78 is 5.82. The van der Waals surface area contributed by atoms with E-state index in [2.05, 4.69) is 15.9 Å². The van der Waals surface area contributed by atoms with E-state index in [9.17, 15) is 19.7 Å². The van der Waals surface area contributed by atoms with Gasteiger partial charge in [-0.15, -0.1) is 0 Å². The molecule has 1 heterocycles. The van der Waals surface area contributed by atoms with Crippen molar-refractivity contribution in [2.75, 3.05) is 26.2 Å². The molecule has 0 saturated carbocycles. The van der Waals surface area contributed by atoms with Gasteiger partial charge in [0.15, 0.2) is 0 Å². The van der Waals surface area contributed by atoms with Crippen molar-refractivity contribution in [3.8, 4) is 0 Å². The standard InChI is InChI=1S/C16H20BrN3O5/c1-16(2,3)25-15(22)19-8-6-18(7-9-19)14(21)12-10-11(20(23)24)4-5-13(12)17/h4-5,10H,6-9H2,1-3H3. The summed E-state index contributed by atoms with van der Waals surface area (Å²) in [5.74, 6) is -0.306. The average molecular weight is 414 g/mol. The van der Waals surface area contributed by atoms with Crippen molar-refractivity contribution in [3.63, 3.8) is 0 Å². The maximum atomic E-state index is 12.6. The summed E-state index contributed by atoms with van der Waals surface area (Å²) in [4.78, 5) is 38.2. The zero-order valence-corrected chi connectivity index (χ0v) is 15.9. The number of amides is 2. The topological polar surface area (TPSA) is 93.0 Å². The van der Waals surface area contributed by atoms with Crippen LogP contribution in [-0.2, 0) is 4.74 Å². The van der Waals surface area contributed by atoms with Gasteiger partial charge in [-0.2, -0.15) is 0 Å². The summed E-state index contributed by atoms with van der Waals surface area (Å²) in [7, 11) is 0. The van der Waals surface area contributed by atoms with Gasteiger partial charge in [-0.25, -0.2) is 4.79 Å². The number of nitro groups is 1. The molecule has 0 N–H and O–H groups in total. The van der Waals surface area contributed by atoms with Crippen molar-refractivity contribution in [2.45, 2.75) is 26.4 Å². The minimum absolute atomic E-state index is 0.140. The maximum absolute atomic E-state index is 12.6. The highest BCUT2D eigenvalue weighted by Crippen LogP contribution is 2.24. The van der Waals surface area contributed by atoms with Gasteiger partial charge in [0.2, 0.25) is 0 Å². The predicted octanol–water partition coefficient (Wildman–Crippen LogP) is 3.05. The number of hydrogen-bond acceptors (Lipinski definition) is 5. The van der Waals surface area contributed by atoms with Crippen LogP contribution in [0.15, 0.2) is 22.7 Å². The van der Waals surface area contributed by atoms with Gasteiger partial charge in [0.25, 0.3) is 11.6 Å². The molecule has 1 aromatic rings. The highest BCUT2D eigenvalue weighted by atomic mass is 79.9. The monoisotopic (exact) mass is 413 g/mol. The number of piperazine rings is 1. The van der Waals surface area contributed by atoms with Crippen molar-refractivity contribution in [2.24, 2.45) is 0 Å². The van der Waals surface area contributed by atoms with Gasteiger partial charge >= 0.3 is 6.09 Å². The molecular formula is C16H20BrN3O5. The highest BCUT2D eigenvalue weighted by molar-refractivity contribution is 9.10. The smallest absolute Gasteiger partial charge is 0.410 e. The molecule has 2 amide bonds. The summed E-state index contributed by atoms with van der Waals surface area (Å²) in [6.07, 6.45) is -0.406. The molecule has 2 rings (SSSR count). The number of hydrogen-bond donors (Lipinski definition) is 0. The number of carbonyl (C=O) groups is 2. The van der Waals surface area contributed by atoms with E-state index >= 15 is 0 Å². The summed E-state index contributed by atoms with van der Waals surface area (Å²) in [5, 5.41) is 10.9. The Balaban J connectivity index is 2.03. The van der Waals surface area contributed by atoms with Gasteiger partial charge in [-0.3, -0.25) is 14.9 Å². The molecule has 0 unspecified atom stereocenters. The van der Waals surface area contributed by atoms with E-state index in [1.54, 1.807) is 30.6 Å². The van der Waals surface area contributed by atoms with E-state index in [1.165, 1.54) is 18.2 Å². The molecule has 1 saturated heterocycles.